The molecule has 0 amide bonds. The van der Waals surface area contributed by atoms with Crippen molar-refractivity contribution in [1.29, 1.82) is 0 Å². The first kappa shape index (κ1) is 15.0. The van der Waals surface area contributed by atoms with Gasteiger partial charge in [0.25, 0.3) is 0 Å². The lowest BCUT2D eigenvalue weighted by Gasteiger charge is -2.27. The molecule has 1 fully saturated rings. The number of nitrogens with zero attached hydrogens (tertiary/aromatic N) is 1. The largest absolute Gasteiger partial charge is 0.381 e. The smallest absolute Gasteiger partial charge is 0.0469 e. The van der Waals surface area contributed by atoms with Crippen LogP contribution in [0.15, 0.2) is 16.8 Å². The first-order valence-corrected chi connectivity index (χ1v) is 8.27. The summed E-state index contributed by atoms with van der Waals surface area (Å²) in [5.41, 5.74) is 1.45. The summed E-state index contributed by atoms with van der Waals surface area (Å²) in [4.78, 5) is 2.45. The van der Waals surface area contributed by atoms with Crippen LogP contribution in [0.25, 0.3) is 0 Å². The summed E-state index contributed by atoms with van der Waals surface area (Å²) in [7, 11) is 2.23. The Hall–Kier alpha value is -0.420. The quantitative estimate of drug-likeness (QED) is 0.740. The molecule has 0 bridgehead atoms. The Morgan fingerprint density at radius 1 is 1.37 bits per heavy atom. The van der Waals surface area contributed by atoms with Crippen LogP contribution in [0.4, 0.5) is 0 Å². The van der Waals surface area contributed by atoms with E-state index in [1.807, 2.05) is 0 Å². The van der Waals surface area contributed by atoms with Gasteiger partial charge in [-0.15, -0.1) is 0 Å². The molecule has 2 heterocycles. The number of ether oxygens (including phenoxy) is 1. The highest BCUT2D eigenvalue weighted by molar-refractivity contribution is 7.07. The Morgan fingerprint density at radius 3 is 2.95 bits per heavy atom. The van der Waals surface area contributed by atoms with E-state index < -0.39 is 0 Å². The number of rotatable bonds is 8. The molecule has 1 N–H and O–H groups in total. The van der Waals surface area contributed by atoms with E-state index in [4.69, 9.17) is 4.74 Å². The van der Waals surface area contributed by atoms with Crippen molar-refractivity contribution >= 4 is 11.3 Å². The molecule has 2 rings (SSSR count). The molecule has 0 atom stereocenters. The standard InChI is InChI=1S/C15H26N2OS/c1-17(12-14-3-9-18-10-4-14)8-7-16-6-2-15-5-11-19-13-15/h5,11,13-14,16H,2-4,6-10,12H2,1H3. The molecule has 1 aromatic rings. The van der Waals surface area contributed by atoms with Gasteiger partial charge in [0.15, 0.2) is 0 Å². The molecule has 1 aliphatic heterocycles. The maximum Gasteiger partial charge on any atom is 0.0469 e. The molecule has 0 radical (unpaired) electrons. The van der Waals surface area contributed by atoms with Gasteiger partial charge in [-0.1, -0.05) is 0 Å². The summed E-state index contributed by atoms with van der Waals surface area (Å²) in [6, 6.07) is 2.21. The highest BCUT2D eigenvalue weighted by atomic mass is 32.1. The molecule has 1 aliphatic rings. The van der Waals surface area contributed by atoms with Crippen molar-refractivity contribution < 1.29 is 4.74 Å². The number of likely N-dealkylation sites (N-methyl/N-ethyl adjacent to an activating group) is 1. The van der Waals surface area contributed by atoms with Crippen LogP contribution >= 0.6 is 11.3 Å². The van der Waals surface area contributed by atoms with Crippen LogP contribution < -0.4 is 5.32 Å². The average Bonchev–Trinajstić information content (AvgIpc) is 2.92. The van der Waals surface area contributed by atoms with E-state index >= 15 is 0 Å². The summed E-state index contributed by atoms with van der Waals surface area (Å²) < 4.78 is 5.40. The highest BCUT2D eigenvalue weighted by Crippen LogP contribution is 2.15. The summed E-state index contributed by atoms with van der Waals surface area (Å²) in [6.07, 6.45) is 3.61. The lowest BCUT2D eigenvalue weighted by atomic mass is 10.00. The van der Waals surface area contributed by atoms with Crippen LogP contribution in [0, 0.1) is 5.92 Å². The van der Waals surface area contributed by atoms with Crippen LogP contribution in [-0.2, 0) is 11.2 Å². The van der Waals surface area contributed by atoms with Crippen LogP contribution in [-0.4, -0.2) is 51.3 Å². The van der Waals surface area contributed by atoms with Crippen LogP contribution in [0.3, 0.4) is 0 Å². The van der Waals surface area contributed by atoms with Gasteiger partial charge in [-0.05, 0) is 61.2 Å². The highest BCUT2D eigenvalue weighted by Gasteiger charge is 2.15. The Kier molecular flexibility index (Phi) is 6.85. The van der Waals surface area contributed by atoms with Crippen LogP contribution in [0.2, 0.25) is 0 Å². The fourth-order valence-electron chi connectivity index (χ4n) is 2.52. The monoisotopic (exact) mass is 282 g/mol. The minimum Gasteiger partial charge on any atom is -0.381 e. The normalized spacial score (nSPS) is 17.2. The van der Waals surface area contributed by atoms with Gasteiger partial charge in [-0.25, -0.2) is 0 Å². The molecule has 0 saturated carbocycles. The second-order valence-corrected chi connectivity index (χ2v) is 6.23. The molecule has 0 spiro atoms. The third kappa shape index (κ3) is 6.04. The third-order valence-electron chi connectivity index (χ3n) is 3.75. The molecular formula is C15H26N2OS. The second-order valence-electron chi connectivity index (χ2n) is 5.45. The molecule has 0 unspecified atom stereocenters. The predicted octanol–water partition coefficient (Wildman–Crippen LogP) is 2.24. The maximum absolute atomic E-state index is 5.40. The van der Waals surface area contributed by atoms with Crippen molar-refractivity contribution in [2.45, 2.75) is 19.3 Å². The third-order valence-corrected chi connectivity index (χ3v) is 4.48. The van der Waals surface area contributed by atoms with Gasteiger partial charge in [-0.3, -0.25) is 0 Å². The number of hydrogen-bond donors (Lipinski definition) is 1. The molecule has 0 aliphatic carbocycles. The minimum absolute atomic E-state index is 0.838. The fraction of sp³-hybridized carbons (Fsp3) is 0.733. The van der Waals surface area contributed by atoms with Crippen LogP contribution in [0.5, 0.6) is 0 Å². The van der Waals surface area contributed by atoms with Gasteiger partial charge >= 0.3 is 0 Å². The van der Waals surface area contributed by atoms with Crippen molar-refractivity contribution in [2.75, 3.05) is 46.4 Å². The van der Waals surface area contributed by atoms with E-state index in [0.29, 0.717) is 0 Å². The van der Waals surface area contributed by atoms with E-state index in [-0.39, 0.29) is 0 Å². The van der Waals surface area contributed by atoms with E-state index in [1.54, 1.807) is 11.3 Å². The zero-order valence-electron chi connectivity index (χ0n) is 11.9. The molecule has 3 nitrogen and oxygen atoms in total. The number of hydrogen-bond acceptors (Lipinski definition) is 4. The fourth-order valence-corrected chi connectivity index (χ4v) is 3.23. The summed E-state index contributed by atoms with van der Waals surface area (Å²) >= 11 is 1.78. The zero-order chi connectivity index (χ0) is 13.3. The number of nitrogens with one attached hydrogen (secondary N) is 1. The van der Waals surface area contributed by atoms with E-state index in [2.05, 4.69) is 34.1 Å². The summed E-state index contributed by atoms with van der Waals surface area (Å²) in [5.74, 6) is 0.838. The minimum atomic E-state index is 0.838. The van der Waals surface area contributed by atoms with Crippen molar-refractivity contribution in [2.24, 2.45) is 5.92 Å². The van der Waals surface area contributed by atoms with Gasteiger partial charge < -0.3 is 15.0 Å². The van der Waals surface area contributed by atoms with E-state index in [9.17, 15) is 0 Å². The SMILES string of the molecule is CN(CCNCCc1ccsc1)CC1CCOCC1. The lowest BCUT2D eigenvalue weighted by Crippen LogP contribution is -2.35. The van der Waals surface area contributed by atoms with Crippen LogP contribution in [0.1, 0.15) is 18.4 Å². The molecule has 1 aromatic heterocycles. The van der Waals surface area contributed by atoms with Gasteiger partial charge in [0.2, 0.25) is 0 Å². The van der Waals surface area contributed by atoms with Crippen molar-refractivity contribution in [1.82, 2.24) is 10.2 Å². The summed E-state index contributed by atoms with van der Waals surface area (Å²) in [5, 5.41) is 7.91. The molecule has 19 heavy (non-hydrogen) atoms. The summed E-state index contributed by atoms with van der Waals surface area (Å²) in [6.45, 7) is 6.44. The van der Waals surface area contributed by atoms with Gasteiger partial charge in [-0.2, -0.15) is 11.3 Å². The topological polar surface area (TPSA) is 24.5 Å². The zero-order valence-corrected chi connectivity index (χ0v) is 12.8. The molecular weight excluding hydrogens is 256 g/mol. The predicted molar refractivity (Wildman–Crippen MR) is 81.9 cm³/mol. The maximum atomic E-state index is 5.40. The molecule has 1 saturated heterocycles. The van der Waals surface area contributed by atoms with Crippen molar-refractivity contribution in [3.63, 3.8) is 0 Å². The van der Waals surface area contributed by atoms with Crippen molar-refractivity contribution in [3.05, 3.63) is 22.4 Å². The average molecular weight is 282 g/mol. The second kappa shape index (κ2) is 8.69. The number of thiophene rings is 1. The Bertz CT molecular complexity index is 323. The Morgan fingerprint density at radius 2 is 2.21 bits per heavy atom. The molecule has 108 valence electrons. The first-order chi connectivity index (χ1) is 9.34. The molecule has 4 heteroatoms. The van der Waals surface area contributed by atoms with Gasteiger partial charge in [0.05, 0.1) is 0 Å². The van der Waals surface area contributed by atoms with E-state index in [0.717, 1.165) is 45.2 Å². The molecule has 0 aromatic carbocycles. The van der Waals surface area contributed by atoms with Crippen molar-refractivity contribution in [3.8, 4) is 0 Å². The van der Waals surface area contributed by atoms with E-state index in [1.165, 1.54) is 24.9 Å². The van der Waals surface area contributed by atoms with Gasteiger partial charge in [0.1, 0.15) is 0 Å². The van der Waals surface area contributed by atoms with Gasteiger partial charge in [0, 0.05) is 32.8 Å². The lowest BCUT2D eigenvalue weighted by molar-refractivity contribution is 0.0559. The first-order valence-electron chi connectivity index (χ1n) is 7.32. The Balaban J connectivity index is 1.48. The Labute approximate surface area is 121 Å².